The van der Waals surface area contributed by atoms with Crippen LogP contribution in [0.1, 0.15) is 65.8 Å². The van der Waals surface area contributed by atoms with E-state index in [9.17, 15) is 14.4 Å². The molecule has 0 unspecified atom stereocenters. The number of ether oxygens (including phenoxy) is 1. The lowest BCUT2D eigenvalue weighted by atomic mass is 9.89. The summed E-state index contributed by atoms with van der Waals surface area (Å²) in [5, 5.41) is 0. The second kappa shape index (κ2) is 11.4. The Morgan fingerprint density at radius 1 is 0.692 bits per heavy atom. The molecule has 39 heavy (non-hydrogen) atoms. The van der Waals surface area contributed by atoms with Crippen molar-refractivity contribution in [2.24, 2.45) is 0 Å². The van der Waals surface area contributed by atoms with Crippen LogP contribution in [0.15, 0.2) is 54.6 Å². The first-order valence-corrected chi connectivity index (χ1v) is 14.1. The predicted octanol–water partition coefficient (Wildman–Crippen LogP) is 4.08. The highest BCUT2D eigenvalue weighted by Crippen LogP contribution is 2.29. The minimum absolute atomic E-state index is 0.0791. The molecule has 0 aliphatic carbocycles. The fourth-order valence-electron chi connectivity index (χ4n) is 5.71. The van der Waals surface area contributed by atoms with Gasteiger partial charge in [0.25, 0.3) is 11.8 Å². The summed E-state index contributed by atoms with van der Waals surface area (Å²) in [6.07, 6.45) is 1.55. The van der Waals surface area contributed by atoms with Crippen LogP contribution in [0.3, 0.4) is 0 Å². The van der Waals surface area contributed by atoms with Crippen molar-refractivity contribution in [2.75, 3.05) is 52.4 Å². The standard InChI is InChI=1S/C31H40N4O4/c1-31(2,3)39-30(38)34-15-13-24(14-16-34)23-9-11-26(12-10-23)29(37)35-21-27(22-35)32-17-19-33(20-18-32)28(36)25-7-5-4-6-8-25/h4-12,24,27H,13-22H2,1-3H3. The van der Waals surface area contributed by atoms with Gasteiger partial charge in [0.2, 0.25) is 0 Å². The molecule has 3 aliphatic rings. The first-order valence-electron chi connectivity index (χ1n) is 14.1. The van der Waals surface area contributed by atoms with Gasteiger partial charge in [-0.3, -0.25) is 14.5 Å². The van der Waals surface area contributed by atoms with Gasteiger partial charge in [-0.05, 0) is 69.4 Å². The Labute approximate surface area is 231 Å². The number of hydrogen-bond acceptors (Lipinski definition) is 5. The van der Waals surface area contributed by atoms with Gasteiger partial charge in [0.1, 0.15) is 5.60 Å². The smallest absolute Gasteiger partial charge is 0.410 e. The third kappa shape index (κ3) is 6.44. The normalized spacial score (nSPS) is 19.5. The highest BCUT2D eigenvalue weighted by Gasteiger charge is 2.37. The lowest BCUT2D eigenvalue weighted by molar-refractivity contribution is 0.00848. The maximum atomic E-state index is 13.1. The Morgan fingerprint density at radius 2 is 1.26 bits per heavy atom. The lowest BCUT2D eigenvalue weighted by Crippen LogP contribution is -2.64. The van der Waals surface area contributed by atoms with Crippen LogP contribution in [-0.2, 0) is 4.74 Å². The van der Waals surface area contributed by atoms with Gasteiger partial charge in [-0.1, -0.05) is 30.3 Å². The first-order chi connectivity index (χ1) is 18.7. The van der Waals surface area contributed by atoms with Crippen LogP contribution in [0.5, 0.6) is 0 Å². The zero-order chi connectivity index (χ0) is 27.6. The highest BCUT2D eigenvalue weighted by molar-refractivity contribution is 5.95. The van der Waals surface area contributed by atoms with Crippen LogP contribution in [0, 0.1) is 0 Å². The number of nitrogens with zero attached hydrogens (tertiary/aromatic N) is 4. The third-order valence-corrected chi connectivity index (χ3v) is 8.06. The average molecular weight is 533 g/mol. The topological polar surface area (TPSA) is 73.4 Å². The maximum Gasteiger partial charge on any atom is 0.410 e. The summed E-state index contributed by atoms with van der Waals surface area (Å²) >= 11 is 0. The molecule has 0 bridgehead atoms. The number of piperidine rings is 1. The third-order valence-electron chi connectivity index (χ3n) is 8.06. The van der Waals surface area contributed by atoms with E-state index in [4.69, 9.17) is 4.74 Å². The molecule has 2 aromatic carbocycles. The molecule has 8 heteroatoms. The Balaban J connectivity index is 1.05. The lowest BCUT2D eigenvalue weighted by Gasteiger charge is -2.48. The summed E-state index contributed by atoms with van der Waals surface area (Å²) in [6.45, 7) is 11.6. The van der Waals surface area contributed by atoms with Gasteiger partial charge in [0, 0.05) is 69.5 Å². The van der Waals surface area contributed by atoms with E-state index in [0.717, 1.165) is 63.2 Å². The van der Waals surface area contributed by atoms with Gasteiger partial charge in [-0.15, -0.1) is 0 Å². The van der Waals surface area contributed by atoms with Gasteiger partial charge >= 0.3 is 6.09 Å². The zero-order valence-corrected chi connectivity index (χ0v) is 23.3. The largest absolute Gasteiger partial charge is 0.444 e. The molecule has 8 nitrogen and oxygen atoms in total. The molecule has 5 rings (SSSR count). The number of rotatable bonds is 4. The van der Waals surface area contributed by atoms with Gasteiger partial charge in [0.05, 0.1) is 0 Å². The van der Waals surface area contributed by atoms with Crippen molar-refractivity contribution < 1.29 is 19.1 Å². The molecule has 3 amide bonds. The molecule has 3 heterocycles. The molecule has 3 fully saturated rings. The Kier molecular flexibility index (Phi) is 7.93. The van der Waals surface area contributed by atoms with E-state index >= 15 is 0 Å². The molecular weight excluding hydrogens is 492 g/mol. The molecule has 0 saturated carbocycles. The summed E-state index contributed by atoms with van der Waals surface area (Å²) in [7, 11) is 0. The molecule has 3 aliphatic heterocycles. The zero-order valence-electron chi connectivity index (χ0n) is 23.3. The fraction of sp³-hybridized carbons (Fsp3) is 0.516. The molecule has 2 aromatic rings. The Morgan fingerprint density at radius 3 is 1.85 bits per heavy atom. The molecule has 0 spiro atoms. The number of carbonyl (C=O) groups is 3. The minimum Gasteiger partial charge on any atom is -0.444 e. The van der Waals surface area contributed by atoms with Crippen LogP contribution in [0.25, 0.3) is 0 Å². The average Bonchev–Trinajstić information content (AvgIpc) is 2.92. The van der Waals surface area contributed by atoms with E-state index in [0.29, 0.717) is 25.0 Å². The monoisotopic (exact) mass is 532 g/mol. The highest BCUT2D eigenvalue weighted by atomic mass is 16.6. The van der Waals surface area contributed by atoms with Crippen LogP contribution < -0.4 is 0 Å². The van der Waals surface area contributed by atoms with E-state index in [1.165, 1.54) is 5.56 Å². The van der Waals surface area contributed by atoms with Crippen molar-refractivity contribution in [3.63, 3.8) is 0 Å². The number of likely N-dealkylation sites (tertiary alicyclic amines) is 2. The maximum absolute atomic E-state index is 13.1. The Bertz CT molecular complexity index is 1160. The molecule has 3 saturated heterocycles. The van der Waals surface area contributed by atoms with Gasteiger partial charge in [-0.25, -0.2) is 4.79 Å². The van der Waals surface area contributed by atoms with Crippen molar-refractivity contribution in [2.45, 2.75) is 51.2 Å². The molecule has 0 aromatic heterocycles. The molecule has 208 valence electrons. The molecular formula is C31H40N4O4. The van der Waals surface area contributed by atoms with Crippen LogP contribution >= 0.6 is 0 Å². The van der Waals surface area contributed by atoms with E-state index in [1.807, 2.05) is 73.0 Å². The van der Waals surface area contributed by atoms with E-state index in [-0.39, 0.29) is 17.9 Å². The summed E-state index contributed by atoms with van der Waals surface area (Å²) in [5.41, 5.74) is 2.20. The molecule has 0 N–H and O–H groups in total. The van der Waals surface area contributed by atoms with Crippen molar-refractivity contribution >= 4 is 17.9 Å². The van der Waals surface area contributed by atoms with Crippen molar-refractivity contribution in [3.8, 4) is 0 Å². The van der Waals surface area contributed by atoms with Gasteiger partial charge in [-0.2, -0.15) is 0 Å². The number of piperazine rings is 1. The molecule has 0 radical (unpaired) electrons. The second-order valence-corrected chi connectivity index (χ2v) is 11.9. The van der Waals surface area contributed by atoms with Gasteiger partial charge < -0.3 is 19.4 Å². The predicted molar refractivity (Wildman–Crippen MR) is 150 cm³/mol. The van der Waals surface area contributed by atoms with Crippen molar-refractivity contribution in [3.05, 3.63) is 71.3 Å². The van der Waals surface area contributed by atoms with Crippen LogP contribution in [0.4, 0.5) is 4.79 Å². The van der Waals surface area contributed by atoms with Crippen LogP contribution in [-0.4, -0.2) is 102 Å². The summed E-state index contributed by atoms with van der Waals surface area (Å²) < 4.78 is 5.50. The van der Waals surface area contributed by atoms with Gasteiger partial charge in [0.15, 0.2) is 0 Å². The van der Waals surface area contributed by atoms with E-state index in [1.54, 1.807) is 4.90 Å². The summed E-state index contributed by atoms with van der Waals surface area (Å²) in [5.74, 6) is 0.557. The van der Waals surface area contributed by atoms with Crippen molar-refractivity contribution in [1.82, 2.24) is 19.6 Å². The SMILES string of the molecule is CC(C)(C)OC(=O)N1CCC(c2ccc(C(=O)N3CC(N4CCN(C(=O)c5ccccc5)CC4)C3)cc2)CC1. The number of hydrogen-bond donors (Lipinski definition) is 0. The van der Waals surface area contributed by atoms with Crippen LogP contribution in [0.2, 0.25) is 0 Å². The van der Waals surface area contributed by atoms with E-state index in [2.05, 4.69) is 17.0 Å². The second-order valence-electron chi connectivity index (χ2n) is 11.9. The molecule has 0 atom stereocenters. The summed E-state index contributed by atoms with van der Waals surface area (Å²) in [4.78, 5) is 46.2. The minimum atomic E-state index is -0.481. The summed E-state index contributed by atoms with van der Waals surface area (Å²) in [6, 6.07) is 17.8. The fourth-order valence-corrected chi connectivity index (χ4v) is 5.71. The number of amides is 3. The van der Waals surface area contributed by atoms with Crippen molar-refractivity contribution in [1.29, 1.82) is 0 Å². The number of carbonyl (C=O) groups excluding carboxylic acids is 3. The first kappa shape index (κ1) is 27.2. The Hall–Kier alpha value is -3.39. The number of benzene rings is 2. The quantitative estimate of drug-likeness (QED) is 0.593. The van der Waals surface area contributed by atoms with E-state index < -0.39 is 5.60 Å².